The van der Waals surface area contributed by atoms with Crippen LogP contribution in [0.5, 0.6) is 5.75 Å². The molecular weight excluding hydrogens is 382 g/mol. The number of nitrogens with zero attached hydrogens (tertiary/aromatic N) is 3. The van der Waals surface area contributed by atoms with E-state index in [9.17, 15) is 17.6 Å². The molecule has 0 spiro atoms. The predicted octanol–water partition coefficient (Wildman–Crippen LogP) is 4.26. The van der Waals surface area contributed by atoms with Crippen LogP contribution in [-0.2, 0) is 6.54 Å². The van der Waals surface area contributed by atoms with Gasteiger partial charge < -0.3 is 14.5 Å². The Morgan fingerprint density at radius 2 is 1.89 bits per heavy atom. The van der Waals surface area contributed by atoms with Crippen molar-refractivity contribution in [3.63, 3.8) is 0 Å². The lowest BCUT2D eigenvalue weighted by atomic mass is 10.1. The molecule has 0 bridgehead atoms. The third-order valence-electron chi connectivity index (χ3n) is 3.84. The number of hydrogen-bond acceptors (Lipinski definition) is 6. The summed E-state index contributed by atoms with van der Waals surface area (Å²) < 4.78 is 60.5. The molecule has 28 heavy (non-hydrogen) atoms. The zero-order valence-electron chi connectivity index (χ0n) is 13.9. The van der Waals surface area contributed by atoms with Crippen LogP contribution >= 0.6 is 0 Å². The minimum atomic E-state index is -4.75. The summed E-state index contributed by atoms with van der Waals surface area (Å²) in [6.45, 7) is 0.0967. The Labute approximate surface area is 154 Å². The van der Waals surface area contributed by atoms with E-state index < -0.39 is 12.2 Å². The highest BCUT2D eigenvalue weighted by atomic mass is 19.4. The summed E-state index contributed by atoms with van der Waals surface area (Å²) in [5.74, 6) is -0.420. The first-order chi connectivity index (χ1) is 13.4. The molecule has 0 saturated heterocycles. The average molecular weight is 393 g/mol. The molecule has 0 aliphatic heterocycles. The van der Waals surface area contributed by atoms with Crippen LogP contribution in [-0.4, -0.2) is 27.0 Å². The van der Waals surface area contributed by atoms with Crippen LogP contribution in [0.4, 0.5) is 23.2 Å². The molecule has 11 heteroatoms. The van der Waals surface area contributed by atoms with Gasteiger partial charge in [-0.25, -0.2) is 4.39 Å². The largest absolute Gasteiger partial charge is 0.573 e. The maximum Gasteiger partial charge on any atom is 0.573 e. The number of furan rings is 1. The number of alkyl halides is 3. The summed E-state index contributed by atoms with van der Waals surface area (Å²) in [7, 11) is 0. The fraction of sp³-hybridized carbons (Fsp3) is 0.118. The van der Waals surface area contributed by atoms with Crippen molar-refractivity contribution >= 4 is 16.7 Å². The Balaban J connectivity index is 1.49. The van der Waals surface area contributed by atoms with Crippen molar-refractivity contribution in [3.8, 4) is 17.3 Å². The second-order valence-electron chi connectivity index (χ2n) is 5.73. The van der Waals surface area contributed by atoms with Gasteiger partial charge in [0.2, 0.25) is 5.82 Å². The zero-order chi connectivity index (χ0) is 19.7. The number of benzene rings is 2. The van der Waals surface area contributed by atoms with Gasteiger partial charge in [0.05, 0.1) is 0 Å². The first-order valence-corrected chi connectivity index (χ1v) is 7.93. The van der Waals surface area contributed by atoms with Gasteiger partial charge in [0.25, 0.3) is 0 Å². The minimum absolute atomic E-state index is 0.0491. The fourth-order valence-electron chi connectivity index (χ4n) is 2.59. The van der Waals surface area contributed by atoms with Crippen molar-refractivity contribution < 1.29 is 26.7 Å². The van der Waals surface area contributed by atoms with Gasteiger partial charge in [-0.05, 0) is 35.5 Å². The highest BCUT2D eigenvalue weighted by molar-refractivity contribution is 5.83. The quantitative estimate of drug-likeness (QED) is 0.493. The lowest BCUT2D eigenvalue weighted by molar-refractivity contribution is -0.274. The molecule has 0 aliphatic carbocycles. The molecule has 4 aromatic rings. The number of nitrogens with one attached hydrogen (secondary N) is 2. The molecule has 7 nitrogen and oxygen atoms in total. The summed E-state index contributed by atoms with van der Waals surface area (Å²) in [5.41, 5.74) is 0.867. The van der Waals surface area contributed by atoms with Crippen LogP contribution in [0, 0.1) is 5.82 Å². The fourth-order valence-corrected chi connectivity index (χ4v) is 2.59. The number of hydrogen-bond donors (Lipinski definition) is 2. The molecule has 0 unspecified atom stereocenters. The first kappa shape index (κ1) is 17.8. The van der Waals surface area contributed by atoms with E-state index in [0.717, 1.165) is 0 Å². The van der Waals surface area contributed by atoms with Crippen LogP contribution in [0.25, 0.3) is 22.6 Å². The second kappa shape index (κ2) is 6.83. The summed E-state index contributed by atoms with van der Waals surface area (Å²) in [6.07, 6.45) is -4.75. The number of aromatic amines is 1. The van der Waals surface area contributed by atoms with Crippen molar-refractivity contribution in [1.82, 2.24) is 20.6 Å². The molecule has 2 aromatic carbocycles. The number of tetrazole rings is 1. The Kier molecular flexibility index (Phi) is 4.34. The Morgan fingerprint density at radius 3 is 2.57 bits per heavy atom. The van der Waals surface area contributed by atoms with Crippen LogP contribution in [0.2, 0.25) is 0 Å². The Morgan fingerprint density at radius 1 is 1.11 bits per heavy atom. The highest BCUT2D eigenvalue weighted by Crippen LogP contribution is 2.29. The monoisotopic (exact) mass is 393 g/mol. The predicted molar refractivity (Wildman–Crippen MR) is 89.8 cm³/mol. The molecule has 0 saturated carbocycles. The van der Waals surface area contributed by atoms with E-state index in [1.54, 1.807) is 18.2 Å². The third kappa shape index (κ3) is 3.72. The van der Waals surface area contributed by atoms with Gasteiger partial charge in [0, 0.05) is 23.2 Å². The first-order valence-electron chi connectivity index (χ1n) is 7.93. The van der Waals surface area contributed by atoms with Gasteiger partial charge in [0.15, 0.2) is 17.2 Å². The number of anilines is 1. The number of H-pyrrole nitrogens is 1. The Hall–Kier alpha value is -3.63. The molecule has 0 atom stereocenters. The van der Waals surface area contributed by atoms with E-state index in [2.05, 4.69) is 30.7 Å². The zero-order valence-corrected chi connectivity index (χ0v) is 13.9. The summed E-state index contributed by atoms with van der Waals surface area (Å²) in [4.78, 5) is 0. The second-order valence-corrected chi connectivity index (χ2v) is 5.73. The minimum Gasteiger partial charge on any atom is -0.449 e. The van der Waals surface area contributed by atoms with Crippen LogP contribution in [0.1, 0.15) is 5.56 Å². The topological polar surface area (TPSA) is 88.9 Å². The van der Waals surface area contributed by atoms with E-state index in [-0.39, 0.29) is 29.5 Å². The summed E-state index contributed by atoms with van der Waals surface area (Å²) >= 11 is 0. The molecule has 2 N–H and O–H groups in total. The number of aromatic nitrogens is 4. The van der Waals surface area contributed by atoms with E-state index in [4.69, 9.17) is 4.42 Å². The van der Waals surface area contributed by atoms with Crippen molar-refractivity contribution in [2.24, 2.45) is 0 Å². The van der Waals surface area contributed by atoms with Crippen molar-refractivity contribution in [3.05, 3.63) is 53.8 Å². The number of halogens is 4. The molecule has 2 heterocycles. The highest BCUT2D eigenvalue weighted by Gasteiger charge is 2.30. The molecule has 0 fully saturated rings. The smallest absolute Gasteiger partial charge is 0.449 e. The molecular formula is C17H11F4N5O2. The standard InChI is InChI=1S/C17H11F4N5O2/c18-14-10(8-22-11-3-5-12(6-4-11)28-17(19,20)21)2-1-9-7-13(27-15(9)14)16-23-25-26-24-16/h1-7,22H,8H2,(H,23,24,25,26). The van der Waals surface area contributed by atoms with Crippen LogP contribution in [0.15, 0.2) is 46.9 Å². The lowest BCUT2D eigenvalue weighted by Gasteiger charge is -2.11. The van der Waals surface area contributed by atoms with E-state index in [1.165, 1.54) is 24.3 Å². The van der Waals surface area contributed by atoms with Gasteiger partial charge in [-0.3, -0.25) is 0 Å². The SMILES string of the molecule is Fc1c(CNc2ccc(OC(F)(F)F)cc2)ccc2cc(-c3nn[nH]n3)oc12. The number of ether oxygens (including phenoxy) is 1. The summed E-state index contributed by atoms with van der Waals surface area (Å²) in [6, 6.07) is 10.00. The van der Waals surface area contributed by atoms with Gasteiger partial charge in [-0.2, -0.15) is 5.21 Å². The number of rotatable bonds is 5. The molecule has 2 aromatic heterocycles. The lowest BCUT2D eigenvalue weighted by Crippen LogP contribution is -2.17. The van der Waals surface area contributed by atoms with Gasteiger partial charge in [-0.15, -0.1) is 23.4 Å². The maximum absolute atomic E-state index is 14.7. The molecule has 0 radical (unpaired) electrons. The van der Waals surface area contributed by atoms with E-state index in [1.807, 2.05) is 0 Å². The van der Waals surface area contributed by atoms with Crippen molar-refractivity contribution in [1.29, 1.82) is 0 Å². The molecule has 0 aliphatic rings. The molecule has 0 amide bonds. The Bertz CT molecular complexity index is 1090. The molecule has 4 rings (SSSR count). The van der Waals surface area contributed by atoms with Crippen molar-refractivity contribution in [2.75, 3.05) is 5.32 Å². The van der Waals surface area contributed by atoms with Gasteiger partial charge in [-0.1, -0.05) is 12.1 Å². The number of fused-ring (bicyclic) bond motifs is 1. The summed E-state index contributed by atoms with van der Waals surface area (Å²) in [5, 5.41) is 16.7. The van der Waals surface area contributed by atoms with Crippen LogP contribution in [0.3, 0.4) is 0 Å². The van der Waals surface area contributed by atoms with E-state index >= 15 is 0 Å². The van der Waals surface area contributed by atoms with E-state index in [0.29, 0.717) is 16.6 Å². The maximum atomic E-state index is 14.7. The molecule has 144 valence electrons. The van der Waals surface area contributed by atoms with Gasteiger partial charge >= 0.3 is 6.36 Å². The normalized spacial score (nSPS) is 11.7. The van der Waals surface area contributed by atoms with Crippen molar-refractivity contribution in [2.45, 2.75) is 12.9 Å². The van der Waals surface area contributed by atoms with Crippen LogP contribution < -0.4 is 10.1 Å². The average Bonchev–Trinajstić information content (AvgIpc) is 3.31. The third-order valence-corrected chi connectivity index (χ3v) is 3.84. The van der Waals surface area contributed by atoms with Gasteiger partial charge in [0.1, 0.15) is 5.75 Å².